The molecule has 0 fully saturated rings. The number of allylic oxidation sites excluding steroid dienone is 2. The lowest BCUT2D eigenvalue weighted by Gasteiger charge is -2.30. The van der Waals surface area contributed by atoms with E-state index in [1.54, 1.807) is 67.6 Å². The first-order chi connectivity index (χ1) is 21.6. The van der Waals surface area contributed by atoms with E-state index in [9.17, 15) is 14.4 Å². The quantitative estimate of drug-likeness (QED) is 0.144. The predicted molar refractivity (Wildman–Crippen MR) is 165 cm³/mol. The third-order valence-electron chi connectivity index (χ3n) is 8.06. The maximum absolute atomic E-state index is 15.6. The zero-order valence-electron chi connectivity index (χ0n) is 24.8. The molecule has 0 aliphatic carbocycles. The van der Waals surface area contributed by atoms with Crippen LogP contribution in [0.5, 0.6) is 0 Å². The lowest BCUT2D eigenvalue weighted by molar-refractivity contribution is -0.660. The third-order valence-corrected chi connectivity index (χ3v) is 8.06. The number of carbonyl (C=O) groups is 2. The first kappa shape index (κ1) is 29.7. The Hall–Kier alpha value is -5.33. The van der Waals surface area contributed by atoms with Gasteiger partial charge in [-0.25, -0.2) is 4.79 Å². The number of hydrogen-bond donors (Lipinski definition) is 3. The van der Waals surface area contributed by atoms with E-state index >= 15 is 8.63 Å². The number of H-pyrrole nitrogens is 1. The van der Waals surface area contributed by atoms with E-state index in [0.717, 1.165) is 14.5 Å². The predicted octanol–water partition coefficient (Wildman–Crippen LogP) is 3.65. The standard InChI is InChI=1S/C32H31BF2N6O4/c1-21-19-22(2)39-28(21)20-27-14-13-25(40(27)33(39,34)35)15-16-29(42)36-17-6-18-37-31(43)24-9-11-26(12-10-24)41-30(32(44)45-38-41)23-7-4-3-5-8-23/h3-5,7-14,19-20H,6,15-18H2,1-2H3,(H2-,36,37,38,42,43,44)/p+1. The van der Waals surface area contributed by atoms with Gasteiger partial charge in [-0.2, -0.15) is 0 Å². The van der Waals surface area contributed by atoms with Crippen LogP contribution in [0.3, 0.4) is 0 Å². The number of amides is 2. The van der Waals surface area contributed by atoms with Crippen molar-refractivity contribution >= 4 is 30.6 Å². The fourth-order valence-corrected chi connectivity index (χ4v) is 5.91. The Morgan fingerprint density at radius 2 is 1.73 bits per heavy atom. The summed E-state index contributed by atoms with van der Waals surface area (Å²) in [5.41, 5.74) is 4.21. The number of carbonyl (C=O) groups excluding carboxylic acids is 2. The van der Waals surface area contributed by atoms with Gasteiger partial charge in [-0.1, -0.05) is 18.2 Å². The number of aromatic amines is 1. The summed E-state index contributed by atoms with van der Waals surface area (Å²) in [6, 6.07) is 17.5. The van der Waals surface area contributed by atoms with Gasteiger partial charge in [0.2, 0.25) is 11.6 Å². The Morgan fingerprint density at radius 3 is 2.49 bits per heavy atom. The minimum atomic E-state index is -4.06. The van der Waals surface area contributed by atoms with Crippen molar-refractivity contribution in [1.82, 2.24) is 20.4 Å². The largest absolute Gasteiger partial charge is 0.737 e. The average molecular weight is 613 g/mol. The summed E-state index contributed by atoms with van der Waals surface area (Å²) in [7, 11) is 0. The van der Waals surface area contributed by atoms with Gasteiger partial charge in [0.25, 0.3) is 5.91 Å². The van der Waals surface area contributed by atoms with E-state index in [1.165, 1.54) is 4.68 Å². The van der Waals surface area contributed by atoms with Crippen molar-refractivity contribution in [3.05, 3.63) is 111 Å². The fraction of sp³-hybridized carbons (Fsp3) is 0.219. The SMILES string of the molecule is Cc1cc(C)n2c1C=C1C=CC(CCC(=O)NCCCNC(=O)c3ccc(-[n+]4[nH]oc(=O)c4-c4ccccc4)cc3)=[N+]1[B-]2(F)F. The van der Waals surface area contributed by atoms with E-state index < -0.39 is 12.6 Å². The molecule has 0 saturated heterocycles. The minimum Gasteiger partial charge on any atom is -0.394 e. The van der Waals surface area contributed by atoms with E-state index in [0.29, 0.717) is 64.8 Å². The van der Waals surface area contributed by atoms with Crippen LogP contribution in [0.2, 0.25) is 0 Å². The molecule has 2 aliphatic heterocycles. The normalized spacial score (nSPS) is 14.6. The molecule has 13 heteroatoms. The molecular formula is C32H32BF2N6O4+. The smallest absolute Gasteiger partial charge is 0.394 e. The Bertz CT molecular complexity index is 1940. The van der Waals surface area contributed by atoms with Crippen LogP contribution in [0.25, 0.3) is 23.0 Å². The molecule has 0 unspecified atom stereocenters. The number of aryl methyl sites for hydroxylation is 2. The van der Waals surface area contributed by atoms with E-state index in [1.807, 2.05) is 25.1 Å². The lowest BCUT2D eigenvalue weighted by atomic mass is 9.90. The van der Waals surface area contributed by atoms with Crippen LogP contribution in [0, 0.1) is 13.8 Å². The molecule has 10 nitrogen and oxygen atoms in total. The van der Waals surface area contributed by atoms with Gasteiger partial charge in [0, 0.05) is 67.5 Å². The molecule has 4 heterocycles. The van der Waals surface area contributed by atoms with Crippen LogP contribution in [0.1, 0.15) is 46.6 Å². The Morgan fingerprint density at radius 1 is 1.00 bits per heavy atom. The van der Waals surface area contributed by atoms with Crippen LogP contribution in [-0.4, -0.2) is 51.8 Å². The van der Waals surface area contributed by atoms with Crippen molar-refractivity contribution in [3.8, 4) is 16.9 Å². The third kappa shape index (κ3) is 5.68. The highest BCUT2D eigenvalue weighted by Gasteiger charge is 2.52. The van der Waals surface area contributed by atoms with Gasteiger partial charge >= 0.3 is 18.3 Å². The van der Waals surface area contributed by atoms with Crippen molar-refractivity contribution in [2.45, 2.75) is 33.1 Å². The number of nitrogens with zero attached hydrogens (tertiary/aromatic N) is 3. The molecule has 0 atom stereocenters. The molecule has 6 rings (SSSR count). The number of aromatic nitrogens is 3. The zero-order valence-corrected chi connectivity index (χ0v) is 24.8. The molecule has 0 saturated carbocycles. The van der Waals surface area contributed by atoms with Crippen LogP contribution < -0.4 is 20.9 Å². The Labute approximate surface area is 257 Å². The van der Waals surface area contributed by atoms with Crippen LogP contribution in [0.4, 0.5) is 8.63 Å². The molecule has 0 spiro atoms. The summed E-state index contributed by atoms with van der Waals surface area (Å²) in [5.74, 6) is -0.530. The van der Waals surface area contributed by atoms with Crippen molar-refractivity contribution in [2.75, 3.05) is 13.1 Å². The second-order valence-electron chi connectivity index (χ2n) is 11.1. The monoisotopic (exact) mass is 613 g/mol. The zero-order chi connectivity index (χ0) is 31.7. The van der Waals surface area contributed by atoms with E-state index in [4.69, 9.17) is 4.52 Å². The average Bonchev–Trinajstić information content (AvgIpc) is 3.71. The summed E-state index contributed by atoms with van der Waals surface area (Å²) in [6.07, 6.45) is 5.82. The molecule has 2 amide bonds. The summed E-state index contributed by atoms with van der Waals surface area (Å²) in [4.78, 5) is 37.4. The Balaban J connectivity index is 0.970. The second-order valence-corrected chi connectivity index (χ2v) is 11.1. The molecule has 2 aliphatic rings. The first-order valence-corrected chi connectivity index (χ1v) is 14.8. The van der Waals surface area contributed by atoms with E-state index in [-0.39, 0.29) is 24.7 Å². The lowest BCUT2D eigenvalue weighted by Crippen LogP contribution is -2.50. The van der Waals surface area contributed by atoms with Gasteiger partial charge in [-0.05, 0) is 71.8 Å². The molecule has 45 heavy (non-hydrogen) atoms. The second kappa shape index (κ2) is 12.0. The van der Waals surface area contributed by atoms with Crippen molar-refractivity contribution in [2.24, 2.45) is 0 Å². The van der Waals surface area contributed by atoms with Gasteiger partial charge in [0.1, 0.15) is 5.71 Å². The first-order valence-electron chi connectivity index (χ1n) is 14.8. The molecule has 230 valence electrons. The number of nitrogens with one attached hydrogen (secondary N) is 3. The molecular weight excluding hydrogens is 581 g/mol. The highest BCUT2D eigenvalue weighted by molar-refractivity contribution is 6.58. The van der Waals surface area contributed by atoms with Gasteiger partial charge in [-0.3, -0.25) is 14.1 Å². The van der Waals surface area contributed by atoms with Crippen LogP contribution in [-0.2, 0) is 4.79 Å². The summed E-state index contributed by atoms with van der Waals surface area (Å²) in [5, 5.41) is 8.21. The molecule has 4 aromatic rings. The number of hydrogen-bond acceptors (Lipinski definition) is 4. The maximum Gasteiger partial charge on any atom is 0.737 e. The van der Waals surface area contributed by atoms with Gasteiger partial charge in [0.05, 0.1) is 5.56 Å². The van der Waals surface area contributed by atoms with Gasteiger partial charge in [0.15, 0.2) is 5.70 Å². The highest BCUT2D eigenvalue weighted by Crippen LogP contribution is 2.34. The van der Waals surface area contributed by atoms with Gasteiger partial charge < -0.3 is 28.2 Å². The van der Waals surface area contributed by atoms with Crippen molar-refractivity contribution in [1.29, 1.82) is 0 Å². The van der Waals surface area contributed by atoms with Crippen molar-refractivity contribution < 1.29 is 31.9 Å². The van der Waals surface area contributed by atoms with Gasteiger partial charge in [-0.15, -0.1) is 0 Å². The summed E-state index contributed by atoms with van der Waals surface area (Å²) in [6.45, 7) is 0.0984. The number of benzene rings is 2. The molecule has 2 aromatic carbocycles. The van der Waals surface area contributed by atoms with Crippen molar-refractivity contribution in [3.63, 3.8) is 0 Å². The molecule has 0 radical (unpaired) electrons. The molecule has 3 N–H and O–H groups in total. The fourth-order valence-electron chi connectivity index (χ4n) is 5.91. The van der Waals surface area contributed by atoms with Crippen LogP contribution >= 0.6 is 0 Å². The molecule has 2 aromatic heterocycles. The maximum atomic E-state index is 15.6. The topological polar surface area (TPSA) is 116 Å². The molecule has 0 bridgehead atoms. The Kier molecular flexibility index (Phi) is 7.92. The summed E-state index contributed by atoms with van der Waals surface area (Å²) < 4.78 is 39.8. The summed E-state index contributed by atoms with van der Waals surface area (Å²) >= 11 is 0. The number of halogens is 2. The van der Waals surface area contributed by atoms with Crippen LogP contribution in [0.15, 0.2) is 87.8 Å². The highest BCUT2D eigenvalue weighted by atomic mass is 19.2. The minimum absolute atomic E-state index is 0.0663. The number of fused-ring (bicyclic) bond motifs is 2. The number of rotatable bonds is 10. The van der Waals surface area contributed by atoms with E-state index in [2.05, 4.69) is 15.9 Å².